The number of rotatable bonds is 9. The van der Waals surface area contributed by atoms with Gasteiger partial charge in [-0.15, -0.1) is 12.4 Å². The van der Waals surface area contributed by atoms with Crippen molar-refractivity contribution < 1.29 is 9.47 Å². The Morgan fingerprint density at radius 2 is 2.13 bits per heavy atom. The van der Waals surface area contributed by atoms with Crippen molar-refractivity contribution in [1.29, 1.82) is 0 Å². The third-order valence-electron chi connectivity index (χ3n) is 3.63. The van der Waals surface area contributed by atoms with Crippen molar-refractivity contribution in [2.75, 3.05) is 46.0 Å². The van der Waals surface area contributed by atoms with Crippen LogP contribution in [-0.2, 0) is 11.3 Å². The lowest BCUT2D eigenvalue weighted by Gasteiger charge is -2.26. The molecule has 1 aromatic carbocycles. The van der Waals surface area contributed by atoms with Gasteiger partial charge in [0.1, 0.15) is 12.4 Å². The number of morpholine rings is 1. The van der Waals surface area contributed by atoms with E-state index < -0.39 is 0 Å². The fraction of sp³-hybridized carbons (Fsp3) is 0.529. The Hall–Kier alpha value is -0.590. The Balaban J connectivity index is 0.00000264. The second-order valence-electron chi connectivity index (χ2n) is 5.34. The Kier molecular flexibility index (Phi) is 10.6. The molecule has 4 nitrogen and oxygen atoms in total. The lowest BCUT2D eigenvalue weighted by Crippen LogP contribution is -2.37. The number of ether oxygens (including phenoxy) is 2. The lowest BCUT2D eigenvalue weighted by atomic mass is 10.2. The molecular weight excluding hydrogens is 380 g/mol. The summed E-state index contributed by atoms with van der Waals surface area (Å²) >= 11 is 3.52. The molecule has 1 saturated heterocycles. The Morgan fingerprint density at radius 1 is 1.35 bits per heavy atom. The summed E-state index contributed by atoms with van der Waals surface area (Å²) in [5.74, 6) is 0.920. The molecular formula is C17H26BrClN2O2. The molecule has 2 rings (SSSR count). The molecule has 0 atom stereocenters. The molecule has 0 amide bonds. The van der Waals surface area contributed by atoms with Gasteiger partial charge in [0.15, 0.2) is 0 Å². The van der Waals surface area contributed by atoms with E-state index in [2.05, 4.69) is 38.8 Å². The summed E-state index contributed by atoms with van der Waals surface area (Å²) in [6.45, 7) is 11.0. The van der Waals surface area contributed by atoms with E-state index in [9.17, 15) is 0 Å². The third kappa shape index (κ3) is 7.68. The predicted molar refractivity (Wildman–Crippen MR) is 101 cm³/mol. The molecule has 1 aromatic rings. The standard InChI is InChI=1S/C17H25BrN2O2.ClH/c1-2-10-22-17-5-4-16(18)13-15(17)14-19-6-3-7-20-8-11-21-12-9-20;/h2,4-5,13,19H,1,3,6-12,14H2;1H. The molecule has 0 bridgehead atoms. The van der Waals surface area contributed by atoms with Crippen molar-refractivity contribution in [3.8, 4) is 5.75 Å². The van der Waals surface area contributed by atoms with E-state index in [-0.39, 0.29) is 12.4 Å². The lowest BCUT2D eigenvalue weighted by molar-refractivity contribution is 0.0374. The summed E-state index contributed by atoms with van der Waals surface area (Å²) in [5, 5.41) is 3.50. The maximum Gasteiger partial charge on any atom is 0.124 e. The second kappa shape index (κ2) is 11.9. The number of hydrogen-bond donors (Lipinski definition) is 1. The normalized spacial score (nSPS) is 15.0. The zero-order chi connectivity index (χ0) is 15.6. The van der Waals surface area contributed by atoms with Gasteiger partial charge in [-0.25, -0.2) is 0 Å². The van der Waals surface area contributed by atoms with Crippen molar-refractivity contribution >= 4 is 28.3 Å². The zero-order valence-electron chi connectivity index (χ0n) is 13.4. The molecule has 23 heavy (non-hydrogen) atoms. The van der Waals surface area contributed by atoms with E-state index in [0.29, 0.717) is 6.61 Å². The maximum atomic E-state index is 5.69. The number of halogens is 2. The molecule has 0 spiro atoms. The first kappa shape index (κ1) is 20.5. The quantitative estimate of drug-likeness (QED) is 0.505. The number of hydrogen-bond acceptors (Lipinski definition) is 4. The van der Waals surface area contributed by atoms with Crippen molar-refractivity contribution in [2.24, 2.45) is 0 Å². The third-order valence-corrected chi connectivity index (χ3v) is 4.12. The molecule has 1 aliphatic heterocycles. The minimum atomic E-state index is 0. The van der Waals surface area contributed by atoms with Gasteiger partial charge in [0, 0.05) is 29.7 Å². The number of nitrogens with zero attached hydrogens (tertiary/aromatic N) is 1. The molecule has 0 radical (unpaired) electrons. The summed E-state index contributed by atoms with van der Waals surface area (Å²) in [7, 11) is 0. The van der Waals surface area contributed by atoms with Crippen LogP contribution in [0.1, 0.15) is 12.0 Å². The van der Waals surface area contributed by atoms with E-state index in [0.717, 1.165) is 62.6 Å². The Labute approximate surface area is 153 Å². The van der Waals surface area contributed by atoms with Gasteiger partial charge in [-0.2, -0.15) is 0 Å². The average Bonchev–Trinajstić information content (AvgIpc) is 2.55. The van der Waals surface area contributed by atoms with Gasteiger partial charge in [0.05, 0.1) is 13.2 Å². The molecule has 1 heterocycles. The minimum absolute atomic E-state index is 0. The van der Waals surface area contributed by atoms with Crippen molar-refractivity contribution in [3.05, 3.63) is 40.9 Å². The highest BCUT2D eigenvalue weighted by molar-refractivity contribution is 9.10. The summed E-state index contributed by atoms with van der Waals surface area (Å²) in [5.41, 5.74) is 1.17. The average molecular weight is 406 g/mol. The smallest absolute Gasteiger partial charge is 0.124 e. The summed E-state index contributed by atoms with van der Waals surface area (Å²) in [6.07, 6.45) is 2.92. The van der Waals surface area contributed by atoms with Crippen molar-refractivity contribution in [2.45, 2.75) is 13.0 Å². The second-order valence-corrected chi connectivity index (χ2v) is 6.25. The van der Waals surface area contributed by atoms with Crippen LogP contribution in [0.4, 0.5) is 0 Å². The van der Waals surface area contributed by atoms with Crippen LogP contribution in [0.2, 0.25) is 0 Å². The van der Waals surface area contributed by atoms with Crippen molar-refractivity contribution in [1.82, 2.24) is 10.2 Å². The van der Waals surface area contributed by atoms with Crippen LogP contribution in [0, 0.1) is 0 Å². The molecule has 0 aliphatic carbocycles. The minimum Gasteiger partial charge on any atom is -0.489 e. The van der Waals surface area contributed by atoms with Gasteiger partial charge in [-0.1, -0.05) is 28.6 Å². The van der Waals surface area contributed by atoms with E-state index in [1.807, 2.05) is 12.1 Å². The summed E-state index contributed by atoms with van der Waals surface area (Å²) < 4.78 is 12.1. The molecule has 0 aromatic heterocycles. The summed E-state index contributed by atoms with van der Waals surface area (Å²) in [6, 6.07) is 6.10. The van der Waals surface area contributed by atoms with Gasteiger partial charge in [-0.05, 0) is 37.7 Å². The molecule has 6 heteroatoms. The van der Waals surface area contributed by atoms with Gasteiger partial charge in [0.2, 0.25) is 0 Å². The van der Waals surface area contributed by atoms with Gasteiger partial charge < -0.3 is 14.8 Å². The van der Waals surface area contributed by atoms with Crippen LogP contribution in [0.15, 0.2) is 35.3 Å². The van der Waals surface area contributed by atoms with Crippen LogP contribution >= 0.6 is 28.3 Å². The van der Waals surface area contributed by atoms with E-state index in [4.69, 9.17) is 9.47 Å². The van der Waals surface area contributed by atoms with Gasteiger partial charge in [0.25, 0.3) is 0 Å². The largest absolute Gasteiger partial charge is 0.489 e. The summed E-state index contributed by atoms with van der Waals surface area (Å²) in [4.78, 5) is 2.46. The number of nitrogens with one attached hydrogen (secondary N) is 1. The molecule has 1 fully saturated rings. The fourth-order valence-electron chi connectivity index (χ4n) is 2.45. The highest BCUT2D eigenvalue weighted by Gasteiger charge is 2.09. The maximum absolute atomic E-state index is 5.69. The molecule has 130 valence electrons. The zero-order valence-corrected chi connectivity index (χ0v) is 15.8. The monoisotopic (exact) mass is 404 g/mol. The highest BCUT2D eigenvalue weighted by atomic mass is 79.9. The fourth-order valence-corrected chi connectivity index (χ4v) is 2.86. The van der Waals surface area contributed by atoms with Crippen LogP contribution in [-0.4, -0.2) is 50.9 Å². The molecule has 1 aliphatic rings. The Morgan fingerprint density at radius 3 is 2.87 bits per heavy atom. The van der Waals surface area contributed by atoms with E-state index in [1.165, 1.54) is 5.56 Å². The van der Waals surface area contributed by atoms with Crippen LogP contribution < -0.4 is 10.1 Å². The van der Waals surface area contributed by atoms with Crippen molar-refractivity contribution in [3.63, 3.8) is 0 Å². The van der Waals surface area contributed by atoms with Gasteiger partial charge in [-0.3, -0.25) is 4.90 Å². The Bertz CT molecular complexity index is 468. The van der Waals surface area contributed by atoms with Crippen LogP contribution in [0.25, 0.3) is 0 Å². The van der Waals surface area contributed by atoms with E-state index in [1.54, 1.807) is 6.08 Å². The SMILES string of the molecule is C=CCOc1ccc(Br)cc1CNCCCN1CCOCC1.Cl. The first-order valence-corrected chi connectivity index (χ1v) is 8.62. The molecule has 0 unspecified atom stereocenters. The molecule has 1 N–H and O–H groups in total. The highest BCUT2D eigenvalue weighted by Crippen LogP contribution is 2.23. The topological polar surface area (TPSA) is 33.7 Å². The van der Waals surface area contributed by atoms with Gasteiger partial charge >= 0.3 is 0 Å². The van der Waals surface area contributed by atoms with Crippen LogP contribution in [0.5, 0.6) is 5.75 Å². The number of benzene rings is 1. The van der Waals surface area contributed by atoms with Crippen LogP contribution in [0.3, 0.4) is 0 Å². The predicted octanol–water partition coefficient (Wildman–Crippen LogP) is 3.25. The first-order chi connectivity index (χ1) is 10.8. The first-order valence-electron chi connectivity index (χ1n) is 7.82. The van der Waals surface area contributed by atoms with E-state index >= 15 is 0 Å². The molecule has 0 saturated carbocycles.